The molecule has 1 atom stereocenters. The maximum Gasteiger partial charge on any atom is 0.168 e. The van der Waals surface area contributed by atoms with Crippen LogP contribution in [0.3, 0.4) is 0 Å². The highest BCUT2D eigenvalue weighted by molar-refractivity contribution is 5.51. The predicted octanol–water partition coefficient (Wildman–Crippen LogP) is 1.91. The average Bonchev–Trinajstić information content (AvgIpc) is 2.17. The van der Waals surface area contributed by atoms with Gasteiger partial charge in [-0.3, -0.25) is 0 Å². The third-order valence-corrected chi connectivity index (χ3v) is 2.26. The Balaban J connectivity index is 2.20. The van der Waals surface area contributed by atoms with E-state index in [9.17, 15) is 0 Å². The number of fused-ring (bicyclic) bond motifs is 1. The van der Waals surface area contributed by atoms with Gasteiger partial charge in [0.1, 0.15) is 6.10 Å². The van der Waals surface area contributed by atoms with Crippen LogP contribution in [0.4, 0.5) is 5.82 Å². The fourth-order valence-electron chi connectivity index (χ4n) is 1.39. The first-order valence-electron chi connectivity index (χ1n) is 4.63. The van der Waals surface area contributed by atoms with Gasteiger partial charge in [-0.2, -0.15) is 0 Å². The van der Waals surface area contributed by atoms with E-state index in [4.69, 9.17) is 4.74 Å². The molecule has 0 amide bonds. The molecule has 0 saturated heterocycles. The van der Waals surface area contributed by atoms with Gasteiger partial charge < -0.3 is 10.1 Å². The summed E-state index contributed by atoms with van der Waals surface area (Å²) in [5.74, 6) is 2.26. The SMILES string of the molecule is CC(C)C1CNc2ncccc2O1. The Kier molecular flexibility index (Phi) is 2.08. The molecule has 0 fully saturated rings. The Morgan fingerprint density at radius 1 is 1.62 bits per heavy atom. The molecule has 0 bridgehead atoms. The van der Waals surface area contributed by atoms with Gasteiger partial charge in [-0.05, 0) is 18.1 Å². The van der Waals surface area contributed by atoms with Gasteiger partial charge in [0, 0.05) is 6.20 Å². The van der Waals surface area contributed by atoms with Crippen molar-refractivity contribution < 1.29 is 4.74 Å². The average molecular weight is 178 g/mol. The zero-order valence-electron chi connectivity index (χ0n) is 7.95. The molecular weight excluding hydrogens is 164 g/mol. The van der Waals surface area contributed by atoms with Gasteiger partial charge in [0.15, 0.2) is 11.6 Å². The highest BCUT2D eigenvalue weighted by atomic mass is 16.5. The second-order valence-corrected chi connectivity index (χ2v) is 3.63. The van der Waals surface area contributed by atoms with Crippen LogP contribution >= 0.6 is 0 Å². The molecule has 1 N–H and O–H groups in total. The number of hydrogen-bond acceptors (Lipinski definition) is 3. The lowest BCUT2D eigenvalue weighted by Crippen LogP contribution is -2.35. The van der Waals surface area contributed by atoms with Gasteiger partial charge in [0.25, 0.3) is 0 Å². The molecular formula is C10H14N2O. The van der Waals surface area contributed by atoms with Crippen molar-refractivity contribution in [1.82, 2.24) is 4.98 Å². The minimum atomic E-state index is 0.261. The lowest BCUT2D eigenvalue weighted by Gasteiger charge is -2.28. The first-order valence-corrected chi connectivity index (χ1v) is 4.63. The van der Waals surface area contributed by atoms with Crippen molar-refractivity contribution in [2.45, 2.75) is 20.0 Å². The van der Waals surface area contributed by atoms with Crippen LogP contribution in [-0.4, -0.2) is 17.6 Å². The van der Waals surface area contributed by atoms with Gasteiger partial charge in [-0.25, -0.2) is 4.98 Å². The quantitative estimate of drug-likeness (QED) is 0.713. The topological polar surface area (TPSA) is 34.2 Å². The molecule has 2 rings (SSSR count). The molecule has 0 saturated carbocycles. The van der Waals surface area contributed by atoms with Crippen molar-refractivity contribution in [3.05, 3.63) is 18.3 Å². The van der Waals surface area contributed by atoms with E-state index >= 15 is 0 Å². The standard InChI is InChI=1S/C10H14N2O/c1-7(2)9-6-12-10-8(13-9)4-3-5-11-10/h3-5,7,9H,6H2,1-2H3,(H,11,12). The molecule has 0 radical (unpaired) electrons. The Morgan fingerprint density at radius 3 is 3.23 bits per heavy atom. The van der Waals surface area contributed by atoms with Crippen LogP contribution in [-0.2, 0) is 0 Å². The van der Waals surface area contributed by atoms with Crippen molar-refractivity contribution >= 4 is 5.82 Å². The lowest BCUT2D eigenvalue weighted by atomic mass is 10.1. The number of nitrogens with zero attached hydrogens (tertiary/aromatic N) is 1. The Hall–Kier alpha value is -1.25. The van der Waals surface area contributed by atoms with Crippen LogP contribution in [0.25, 0.3) is 0 Å². The maximum absolute atomic E-state index is 5.77. The number of hydrogen-bond donors (Lipinski definition) is 1. The van der Waals surface area contributed by atoms with E-state index < -0.39 is 0 Å². The van der Waals surface area contributed by atoms with E-state index in [1.165, 1.54) is 0 Å². The fourth-order valence-corrected chi connectivity index (χ4v) is 1.39. The number of rotatable bonds is 1. The smallest absolute Gasteiger partial charge is 0.168 e. The second-order valence-electron chi connectivity index (χ2n) is 3.63. The molecule has 0 aliphatic carbocycles. The molecule has 0 aromatic carbocycles. The van der Waals surface area contributed by atoms with Crippen LogP contribution in [0.1, 0.15) is 13.8 Å². The Bertz CT molecular complexity index is 299. The van der Waals surface area contributed by atoms with Gasteiger partial charge in [0.05, 0.1) is 6.54 Å². The summed E-state index contributed by atoms with van der Waals surface area (Å²) in [5, 5.41) is 3.26. The Morgan fingerprint density at radius 2 is 2.46 bits per heavy atom. The molecule has 2 heterocycles. The molecule has 1 aliphatic rings. The van der Waals surface area contributed by atoms with E-state index in [-0.39, 0.29) is 6.10 Å². The summed E-state index contributed by atoms with van der Waals surface area (Å²) in [6.07, 6.45) is 2.03. The zero-order valence-corrected chi connectivity index (χ0v) is 7.95. The summed E-state index contributed by atoms with van der Waals surface area (Å²) >= 11 is 0. The first kappa shape index (κ1) is 8.35. The molecule has 1 unspecified atom stereocenters. The van der Waals surface area contributed by atoms with Gasteiger partial charge in [-0.15, -0.1) is 0 Å². The monoisotopic (exact) mass is 178 g/mol. The largest absolute Gasteiger partial charge is 0.484 e. The summed E-state index contributed by atoms with van der Waals surface area (Å²) in [6, 6.07) is 3.84. The van der Waals surface area contributed by atoms with Crippen molar-refractivity contribution in [2.24, 2.45) is 5.92 Å². The summed E-state index contributed by atoms with van der Waals surface area (Å²) in [5.41, 5.74) is 0. The summed E-state index contributed by atoms with van der Waals surface area (Å²) in [4.78, 5) is 4.18. The second kappa shape index (κ2) is 3.24. The van der Waals surface area contributed by atoms with Gasteiger partial charge in [0.2, 0.25) is 0 Å². The normalized spacial score (nSPS) is 20.4. The van der Waals surface area contributed by atoms with E-state index in [2.05, 4.69) is 24.1 Å². The summed E-state index contributed by atoms with van der Waals surface area (Å²) < 4.78 is 5.77. The number of pyridine rings is 1. The van der Waals surface area contributed by atoms with Crippen LogP contribution in [0.2, 0.25) is 0 Å². The molecule has 3 nitrogen and oxygen atoms in total. The number of aromatic nitrogens is 1. The van der Waals surface area contributed by atoms with Crippen molar-refractivity contribution in [1.29, 1.82) is 0 Å². The number of anilines is 1. The lowest BCUT2D eigenvalue weighted by molar-refractivity contribution is 0.155. The van der Waals surface area contributed by atoms with E-state index in [0.29, 0.717) is 5.92 Å². The zero-order chi connectivity index (χ0) is 9.26. The van der Waals surface area contributed by atoms with Gasteiger partial charge >= 0.3 is 0 Å². The maximum atomic E-state index is 5.77. The minimum absolute atomic E-state index is 0.261. The fraction of sp³-hybridized carbons (Fsp3) is 0.500. The van der Waals surface area contributed by atoms with E-state index in [0.717, 1.165) is 18.1 Å². The summed E-state index contributed by atoms with van der Waals surface area (Å²) in [6.45, 7) is 5.17. The van der Waals surface area contributed by atoms with Crippen molar-refractivity contribution in [3.63, 3.8) is 0 Å². The molecule has 0 spiro atoms. The van der Waals surface area contributed by atoms with Crippen molar-refractivity contribution in [2.75, 3.05) is 11.9 Å². The first-order chi connectivity index (χ1) is 6.27. The van der Waals surface area contributed by atoms with Crippen LogP contribution in [0.5, 0.6) is 5.75 Å². The number of ether oxygens (including phenoxy) is 1. The molecule has 13 heavy (non-hydrogen) atoms. The summed E-state index contributed by atoms with van der Waals surface area (Å²) in [7, 11) is 0. The molecule has 3 heteroatoms. The van der Waals surface area contributed by atoms with Crippen LogP contribution in [0, 0.1) is 5.92 Å². The van der Waals surface area contributed by atoms with E-state index in [1.54, 1.807) is 6.20 Å². The highest BCUT2D eigenvalue weighted by Crippen LogP contribution is 2.27. The van der Waals surface area contributed by atoms with Gasteiger partial charge in [-0.1, -0.05) is 13.8 Å². The third-order valence-electron chi connectivity index (χ3n) is 2.26. The van der Waals surface area contributed by atoms with E-state index in [1.807, 2.05) is 12.1 Å². The minimum Gasteiger partial charge on any atom is -0.484 e. The molecule has 1 aliphatic heterocycles. The molecule has 1 aromatic rings. The van der Waals surface area contributed by atoms with Crippen molar-refractivity contribution in [3.8, 4) is 5.75 Å². The predicted molar refractivity (Wildman–Crippen MR) is 52.0 cm³/mol. The number of nitrogens with one attached hydrogen (secondary N) is 1. The van der Waals surface area contributed by atoms with Crippen LogP contribution < -0.4 is 10.1 Å². The molecule has 70 valence electrons. The highest BCUT2D eigenvalue weighted by Gasteiger charge is 2.21. The Labute approximate surface area is 78.1 Å². The van der Waals surface area contributed by atoms with Crippen LogP contribution in [0.15, 0.2) is 18.3 Å². The third kappa shape index (κ3) is 1.59. The molecule has 1 aromatic heterocycles.